The second-order valence-corrected chi connectivity index (χ2v) is 8.01. The van der Waals surface area contributed by atoms with Crippen LogP contribution in [0.4, 0.5) is 17.2 Å². The van der Waals surface area contributed by atoms with Crippen molar-refractivity contribution < 1.29 is 0 Å². The maximum Gasteiger partial charge on any atom is 0.136 e. The van der Waals surface area contributed by atoms with Gasteiger partial charge in [0.15, 0.2) is 0 Å². The third kappa shape index (κ3) is 4.64. The van der Waals surface area contributed by atoms with Gasteiger partial charge in [0.1, 0.15) is 11.5 Å². The number of nitriles is 1. The second kappa shape index (κ2) is 8.76. The average Bonchev–Trinajstić information content (AvgIpc) is 2.78. The largest absolute Gasteiger partial charge is 0.398 e. The van der Waals surface area contributed by atoms with Gasteiger partial charge in [-0.1, -0.05) is 12.1 Å². The number of pyridine rings is 1. The van der Waals surface area contributed by atoms with Gasteiger partial charge in [0.25, 0.3) is 0 Å². The zero-order valence-corrected chi connectivity index (χ0v) is 17.3. The molecule has 0 bridgehead atoms. The Labute approximate surface area is 179 Å². The molecule has 0 saturated carbocycles. The van der Waals surface area contributed by atoms with Crippen molar-refractivity contribution in [1.29, 1.82) is 10.7 Å². The Hall–Kier alpha value is -3.70. The summed E-state index contributed by atoms with van der Waals surface area (Å²) in [6.07, 6.45) is 1.60. The summed E-state index contributed by atoms with van der Waals surface area (Å²) >= 11 is 1.38. The molecule has 7 nitrogen and oxygen atoms in total. The van der Waals surface area contributed by atoms with Crippen molar-refractivity contribution in [2.24, 2.45) is 5.18 Å². The van der Waals surface area contributed by atoms with Gasteiger partial charge < -0.3 is 10.5 Å². The number of nitrogens with zero attached hydrogens (tertiary/aromatic N) is 3. The topological polar surface area (TPSA) is 128 Å². The van der Waals surface area contributed by atoms with Crippen LogP contribution in [0.2, 0.25) is 0 Å². The lowest BCUT2D eigenvalue weighted by Crippen LogP contribution is -2.13. The minimum absolute atomic E-state index is 0.177. The van der Waals surface area contributed by atoms with Gasteiger partial charge in [-0.05, 0) is 79.0 Å². The molecule has 4 N–H and O–H groups in total. The summed E-state index contributed by atoms with van der Waals surface area (Å²) in [5.41, 5.74) is 8.22. The number of hydrogen-bond acceptors (Lipinski definition) is 8. The fraction of sp³-hybridized carbons (Fsp3) is 0.136. The number of rotatable bonds is 7. The molecule has 0 saturated heterocycles. The second-order valence-electron chi connectivity index (χ2n) is 7.13. The van der Waals surface area contributed by atoms with Crippen molar-refractivity contribution in [3.63, 3.8) is 0 Å². The molecule has 0 unspecified atom stereocenters. The molecule has 0 amide bonds. The fourth-order valence-corrected chi connectivity index (χ4v) is 3.34. The maximum atomic E-state index is 10.8. The van der Waals surface area contributed by atoms with E-state index in [4.69, 9.17) is 11.1 Å². The molecule has 0 aliphatic carbocycles. The Bertz CT molecular complexity index is 1140. The van der Waals surface area contributed by atoms with Gasteiger partial charge in [0.2, 0.25) is 0 Å². The van der Waals surface area contributed by atoms with E-state index in [0.29, 0.717) is 22.6 Å². The van der Waals surface area contributed by atoms with Gasteiger partial charge in [-0.15, -0.1) is 4.91 Å². The Kier molecular flexibility index (Phi) is 6.14. The molecule has 30 heavy (non-hydrogen) atoms. The molecular formula is C22H20N6OS. The number of aromatic nitrogens is 1. The Morgan fingerprint density at radius 2 is 1.93 bits per heavy atom. The minimum Gasteiger partial charge on any atom is -0.398 e. The molecule has 0 aliphatic heterocycles. The van der Waals surface area contributed by atoms with Gasteiger partial charge in [-0.2, -0.15) is 5.26 Å². The van der Waals surface area contributed by atoms with Crippen molar-refractivity contribution >= 4 is 34.9 Å². The monoisotopic (exact) mass is 416 g/mol. The summed E-state index contributed by atoms with van der Waals surface area (Å²) in [5, 5.41) is 20.6. The van der Waals surface area contributed by atoms with Crippen LogP contribution in [0.1, 0.15) is 30.5 Å². The van der Waals surface area contributed by atoms with E-state index < -0.39 is 5.41 Å². The zero-order chi connectivity index (χ0) is 21.7. The van der Waals surface area contributed by atoms with Crippen molar-refractivity contribution in [1.82, 2.24) is 4.98 Å². The molecule has 1 aromatic heterocycles. The highest BCUT2D eigenvalue weighted by Crippen LogP contribution is 2.27. The third-order valence-electron chi connectivity index (χ3n) is 4.59. The molecule has 2 aromatic carbocycles. The van der Waals surface area contributed by atoms with Crippen LogP contribution in [-0.2, 0) is 5.41 Å². The molecular weight excluding hydrogens is 396 g/mol. The maximum absolute atomic E-state index is 10.8. The van der Waals surface area contributed by atoms with Gasteiger partial charge in [0.05, 0.1) is 17.2 Å². The SMILES string of the molecule is CC(C)(C#N)c1ccc(SNc2cc(C(=N)c3cc(N=O)ccc3N)ccn2)cc1. The van der Waals surface area contributed by atoms with Crippen molar-refractivity contribution in [2.75, 3.05) is 10.5 Å². The first kappa shape index (κ1) is 21.0. The summed E-state index contributed by atoms with van der Waals surface area (Å²) in [4.78, 5) is 16.0. The Morgan fingerprint density at radius 3 is 2.60 bits per heavy atom. The molecule has 3 rings (SSSR count). The summed E-state index contributed by atoms with van der Waals surface area (Å²) in [6.45, 7) is 3.76. The number of nitrogens with two attached hydrogens (primary N) is 1. The molecule has 0 radical (unpaired) electrons. The first-order valence-corrected chi connectivity index (χ1v) is 9.88. The number of hydrogen-bond donors (Lipinski definition) is 3. The molecule has 0 fully saturated rings. The highest BCUT2D eigenvalue weighted by atomic mass is 32.2. The number of nitrogens with one attached hydrogen (secondary N) is 2. The Morgan fingerprint density at radius 1 is 1.20 bits per heavy atom. The molecule has 0 spiro atoms. The van der Waals surface area contributed by atoms with Crippen molar-refractivity contribution in [3.05, 3.63) is 82.4 Å². The predicted octanol–water partition coefficient (Wildman–Crippen LogP) is 5.40. The lowest BCUT2D eigenvalue weighted by atomic mass is 9.87. The fourth-order valence-electron chi connectivity index (χ4n) is 2.73. The van der Waals surface area contributed by atoms with Crippen LogP contribution in [0, 0.1) is 21.6 Å². The zero-order valence-electron chi connectivity index (χ0n) is 16.5. The molecule has 1 heterocycles. The number of benzene rings is 2. The van der Waals surface area contributed by atoms with E-state index >= 15 is 0 Å². The van der Waals surface area contributed by atoms with Crippen LogP contribution >= 0.6 is 11.9 Å². The standard InChI is InChI=1S/C22H20N6OS/c1-22(2,13-23)15-3-6-17(7-4-15)30-28-20-11-14(9-10-26-20)21(25)18-12-16(27-29)5-8-19(18)24/h3-12,25H,24H2,1-2H3,(H,26,28). The van der Waals surface area contributed by atoms with Gasteiger partial charge in [-0.3, -0.25) is 5.41 Å². The number of nitroso groups, excluding NO2 is 1. The molecule has 3 aromatic rings. The molecule has 150 valence electrons. The van der Waals surface area contributed by atoms with E-state index in [1.54, 1.807) is 24.4 Å². The van der Waals surface area contributed by atoms with Gasteiger partial charge in [0, 0.05) is 27.9 Å². The van der Waals surface area contributed by atoms with E-state index in [-0.39, 0.29) is 11.4 Å². The van der Waals surface area contributed by atoms with E-state index in [2.05, 4.69) is 21.0 Å². The van der Waals surface area contributed by atoms with Gasteiger partial charge in [-0.25, -0.2) is 4.98 Å². The average molecular weight is 417 g/mol. The normalized spacial score (nSPS) is 10.8. The first-order valence-electron chi connectivity index (χ1n) is 9.07. The van der Waals surface area contributed by atoms with Gasteiger partial charge >= 0.3 is 0 Å². The molecule has 0 atom stereocenters. The molecule has 0 aliphatic rings. The van der Waals surface area contributed by atoms with Crippen LogP contribution in [0.15, 0.2) is 70.9 Å². The first-order chi connectivity index (χ1) is 14.3. The van der Waals surface area contributed by atoms with Crippen molar-refractivity contribution in [2.45, 2.75) is 24.2 Å². The van der Waals surface area contributed by atoms with Crippen LogP contribution in [0.25, 0.3) is 0 Å². The lowest BCUT2D eigenvalue weighted by Gasteiger charge is -2.16. The van der Waals surface area contributed by atoms with Crippen LogP contribution in [0.5, 0.6) is 0 Å². The summed E-state index contributed by atoms with van der Waals surface area (Å²) in [6, 6.07) is 18.1. The number of nitrogen functional groups attached to an aromatic ring is 1. The Balaban J connectivity index is 1.74. The summed E-state index contributed by atoms with van der Waals surface area (Å²) < 4.78 is 3.16. The van der Waals surface area contributed by atoms with E-state index in [1.807, 2.05) is 38.1 Å². The van der Waals surface area contributed by atoms with Crippen LogP contribution in [0.3, 0.4) is 0 Å². The number of anilines is 2. The van der Waals surface area contributed by atoms with E-state index in [9.17, 15) is 10.2 Å². The van der Waals surface area contributed by atoms with E-state index in [1.165, 1.54) is 24.1 Å². The minimum atomic E-state index is -0.536. The highest BCUT2D eigenvalue weighted by Gasteiger charge is 2.19. The predicted molar refractivity (Wildman–Crippen MR) is 121 cm³/mol. The smallest absolute Gasteiger partial charge is 0.136 e. The molecule has 8 heteroatoms. The quantitative estimate of drug-likeness (QED) is 0.205. The highest BCUT2D eigenvalue weighted by molar-refractivity contribution is 8.00. The summed E-state index contributed by atoms with van der Waals surface area (Å²) in [5.74, 6) is 0.576. The van der Waals surface area contributed by atoms with E-state index in [0.717, 1.165) is 10.5 Å². The van der Waals surface area contributed by atoms with Crippen LogP contribution < -0.4 is 10.5 Å². The third-order valence-corrected chi connectivity index (χ3v) is 5.41. The summed E-state index contributed by atoms with van der Waals surface area (Å²) in [7, 11) is 0. The van der Waals surface area contributed by atoms with Crippen molar-refractivity contribution in [3.8, 4) is 6.07 Å². The van der Waals surface area contributed by atoms with Crippen LogP contribution in [-0.4, -0.2) is 10.7 Å². The lowest BCUT2D eigenvalue weighted by molar-refractivity contribution is 0.686.